The van der Waals surface area contributed by atoms with Crippen molar-refractivity contribution in [3.8, 4) is 5.75 Å². The summed E-state index contributed by atoms with van der Waals surface area (Å²) in [6, 6.07) is 5.93. The van der Waals surface area contributed by atoms with E-state index in [4.69, 9.17) is 10.2 Å². The van der Waals surface area contributed by atoms with Crippen molar-refractivity contribution in [3.05, 3.63) is 29.8 Å². The number of carbonyl (C=O) groups is 1. The summed E-state index contributed by atoms with van der Waals surface area (Å²) in [5.41, 5.74) is 0.254. The number of rotatable bonds is 4. The van der Waals surface area contributed by atoms with Crippen LogP contribution in [0.4, 0.5) is 0 Å². The van der Waals surface area contributed by atoms with Gasteiger partial charge in [0, 0.05) is 5.56 Å². The third-order valence-electron chi connectivity index (χ3n) is 1.96. The van der Waals surface area contributed by atoms with Crippen molar-refractivity contribution in [2.45, 2.75) is 12.8 Å². The van der Waals surface area contributed by atoms with Crippen LogP contribution in [-0.4, -0.2) is 19.5 Å². The van der Waals surface area contributed by atoms with Crippen molar-refractivity contribution < 1.29 is 22.5 Å². The molecule has 0 saturated heterocycles. The predicted octanol–water partition coefficient (Wildman–Crippen LogP) is 0.457. The van der Waals surface area contributed by atoms with Crippen LogP contribution in [0.5, 0.6) is 5.75 Å². The molecule has 1 atom stereocenters. The lowest BCUT2D eigenvalue weighted by atomic mass is 10.0. The van der Waals surface area contributed by atoms with Gasteiger partial charge in [0.1, 0.15) is 5.75 Å². The Morgan fingerprint density at radius 2 is 2.00 bits per heavy atom. The summed E-state index contributed by atoms with van der Waals surface area (Å²) < 4.78 is 26.0. The molecule has 1 aromatic rings. The van der Waals surface area contributed by atoms with Crippen LogP contribution in [0.2, 0.25) is 0 Å². The minimum atomic E-state index is -4.15. The normalized spacial score (nSPS) is 13.1. The highest BCUT2D eigenvalue weighted by molar-refractivity contribution is 7.84. The molecule has 6 nitrogen and oxygen atoms in total. The third-order valence-corrected chi connectivity index (χ3v) is 2.37. The van der Waals surface area contributed by atoms with E-state index < -0.39 is 22.2 Å². The van der Waals surface area contributed by atoms with Crippen LogP contribution in [0.25, 0.3) is 0 Å². The molecule has 0 bridgehead atoms. The molecule has 0 aliphatic rings. The van der Waals surface area contributed by atoms with Gasteiger partial charge in [0.15, 0.2) is 0 Å². The zero-order valence-electron chi connectivity index (χ0n) is 8.45. The fourth-order valence-electron chi connectivity index (χ4n) is 1.17. The van der Waals surface area contributed by atoms with Crippen molar-refractivity contribution in [1.82, 2.24) is 0 Å². The van der Waals surface area contributed by atoms with E-state index in [9.17, 15) is 13.2 Å². The molecule has 0 saturated carbocycles. The monoisotopic (exact) mass is 245 g/mol. The van der Waals surface area contributed by atoms with Crippen molar-refractivity contribution in [1.29, 1.82) is 0 Å². The van der Waals surface area contributed by atoms with E-state index in [1.807, 2.05) is 0 Å². The molecular weight excluding hydrogens is 234 g/mol. The standard InChI is InChI=1S/C9H11NO5S/c1-6(9(11)12)7-4-2-3-5-8(7)15-16(10,13)14/h2-6H,1H3,(H,11,12)(H2,10,13,14)/t6-/m1/s1. The van der Waals surface area contributed by atoms with Gasteiger partial charge in [-0.05, 0) is 13.0 Å². The largest absolute Gasteiger partial charge is 0.481 e. The molecule has 1 rings (SSSR count). The molecule has 0 unspecified atom stereocenters. The van der Waals surface area contributed by atoms with Gasteiger partial charge in [0.25, 0.3) is 0 Å². The van der Waals surface area contributed by atoms with Gasteiger partial charge < -0.3 is 9.29 Å². The van der Waals surface area contributed by atoms with Crippen LogP contribution < -0.4 is 9.32 Å². The second kappa shape index (κ2) is 4.50. The first kappa shape index (κ1) is 12.5. The average molecular weight is 245 g/mol. The van der Waals surface area contributed by atoms with E-state index >= 15 is 0 Å². The van der Waals surface area contributed by atoms with Crippen LogP contribution in [0, 0.1) is 0 Å². The molecular formula is C9H11NO5S. The lowest BCUT2D eigenvalue weighted by Crippen LogP contribution is -2.20. The summed E-state index contributed by atoms with van der Waals surface area (Å²) >= 11 is 0. The lowest BCUT2D eigenvalue weighted by molar-refractivity contribution is -0.138. The summed E-state index contributed by atoms with van der Waals surface area (Å²) in [6.07, 6.45) is 0. The summed E-state index contributed by atoms with van der Waals surface area (Å²) in [5, 5.41) is 13.5. The Kier molecular flexibility index (Phi) is 3.51. The maximum Gasteiger partial charge on any atom is 0.380 e. The van der Waals surface area contributed by atoms with Gasteiger partial charge in [-0.3, -0.25) is 4.79 Å². The van der Waals surface area contributed by atoms with Crippen LogP contribution in [0.3, 0.4) is 0 Å². The number of hydrogen-bond donors (Lipinski definition) is 2. The second-order valence-electron chi connectivity index (χ2n) is 3.17. The molecule has 0 spiro atoms. The Morgan fingerprint density at radius 3 is 2.50 bits per heavy atom. The number of nitrogens with two attached hydrogens (primary N) is 1. The SMILES string of the molecule is C[C@@H](C(=O)O)c1ccccc1OS(N)(=O)=O. The van der Waals surface area contributed by atoms with Gasteiger partial charge in [-0.25, -0.2) is 0 Å². The Hall–Kier alpha value is -1.60. The molecule has 0 aliphatic heterocycles. The number of aliphatic carboxylic acids is 1. The highest BCUT2D eigenvalue weighted by Crippen LogP contribution is 2.27. The van der Waals surface area contributed by atoms with E-state index in [0.29, 0.717) is 0 Å². The fourth-order valence-corrected chi connectivity index (χ4v) is 1.57. The van der Waals surface area contributed by atoms with E-state index in [2.05, 4.69) is 4.18 Å². The highest BCUT2D eigenvalue weighted by atomic mass is 32.2. The van der Waals surface area contributed by atoms with E-state index in [1.54, 1.807) is 6.07 Å². The summed E-state index contributed by atoms with van der Waals surface area (Å²) in [6.45, 7) is 1.42. The molecule has 0 heterocycles. The molecule has 0 fully saturated rings. The van der Waals surface area contributed by atoms with Crippen LogP contribution in [-0.2, 0) is 15.1 Å². The number of hydrogen-bond acceptors (Lipinski definition) is 4. The smallest absolute Gasteiger partial charge is 0.380 e. The van der Waals surface area contributed by atoms with Gasteiger partial charge >= 0.3 is 16.3 Å². The zero-order chi connectivity index (χ0) is 12.3. The number of benzene rings is 1. The lowest BCUT2D eigenvalue weighted by Gasteiger charge is -2.11. The molecule has 7 heteroatoms. The number of carboxylic acids is 1. The van der Waals surface area contributed by atoms with Crippen molar-refractivity contribution in [2.75, 3.05) is 0 Å². The van der Waals surface area contributed by atoms with E-state index in [-0.39, 0.29) is 11.3 Å². The van der Waals surface area contributed by atoms with Gasteiger partial charge in [-0.2, -0.15) is 13.6 Å². The number of carboxylic acid groups (broad SMARTS) is 1. The Balaban J connectivity index is 3.15. The van der Waals surface area contributed by atoms with E-state index in [1.165, 1.54) is 25.1 Å². The minimum Gasteiger partial charge on any atom is -0.481 e. The topological polar surface area (TPSA) is 107 Å². The molecule has 0 amide bonds. The molecule has 88 valence electrons. The average Bonchev–Trinajstić information content (AvgIpc) is 2.15. The summed E-state index contributed by atoms with van der Waals surface area (Å²) in [7, 11) is -4.15. The minimum absolute atomic E-state index is 0.0695. The van der Waals surface area contributed by atoms with Crippen LogP contribution in [0.1, 0.15) is 18.4 Å². The fraction of sp³-hybridized carbons (Fsp3) is 0.222. The first-order valence-electron chi connectivity index (χ1n) is 4.35. The third kappa shape index (κ3) is 3.21. The van der Waals surface area contributed by atoms with Gasteiger partial charge in [-0.15, -0.1) is 0 Å². The molecule has 0 radical (unpaired) electrons. The second-order valence-corrected chi connectivity index (χ2v) is 4.33. The van der Waals surface area contributed by atoms with Gasteiger partial charge in [0.05, 0.1) is 5.92 Å². The first-order valence-corrected chi connectivity index (χ1v) is 5.82. The first-order chi connectivity index (χ1) is 7.31. The van der Waals surface area contributed by atoms with Crippen molar-refractivity contribution in [3.63, 3.8) is 0 Å². The van der Waals surface area contributed by atoms with Crippen LogP contribution >= 0.6 is 0 Å². The van der Waals surface area contributed by atoms with Crippen LogP contribution in [0.15, 0.2) is 24.3 Å². The molecule has 1 aromatic carbocycles. The quantitative estimate of drug-likeness (QED) is 0.801. The number of para-hydroxylation sites is 1. The molecule has 0 aromatic heterocycles. The van der Waals surface area contributed by atoms with Gasteiger partial charge in [0.2, 0.25) is 0 Å². The molecule has 0 aliphatic carbocycles. The van der Waals surface area contributed by atoms with E-state index in [0.717, 1.165) is 0 Å². The van der Waals surface area contributed by atoms with Crippen molar-refractivity contribution in [2.24, 2.45) is 5.14 Å². The maximum absolute atomic E-state index is 10.8. The highest BCUT2D eigenvalue weighted by Gasteiger charge is 2.19. The maximum atomic E-state index is 10.8. The Morgan fingerprint density at radius 1 is 1.44 bits per heavy atom. The van der Waals surface area contributed by atoms with Gasteiger partial charge in [-0.1, -0.05) is 18.2 Å². The predicted molar refractivity (Wildman–Crippen MR) is 56.2 cm³/mol. The summed E-state index contributed by atoms with van der Waals surface area (Å²) in [5.74, 6) is -2.02. The zero-order valence-corrected chi connectivity index (χ0v) is 9.27. The Labute approximate surface area is 92.9 Å². The van der Waals surface area contributed by atoms with Crippen molar-refractivity contribution >= 4 is 16.3 Å². The molecule has 16 heavy (non-hydrogen) atoms. The Bertz CT molecular complexity index is 496. The molecule has 3 N–H and O–H groups in total. The summed E-state index contributed by atoms with van der Waals surface area (Å²) in [4.78, 5) is 10.8.